The highest BCUT2D eigenvalue weighted by Gasteiger charge is 2.25. The minimum atomic E-state index is -0.551. The number of rotatable bonds is 6. The molecule has 0 fully saturated rings. The third kappa shape index (κ3) is 4.86. The summed E-state index contributed by atoms with van der Waals surface area (Å²) in [6.07, 6.45) is 0.671. The van der Waals surface area contributed by atoms with Gasteiger partial charge in [0.25, 0.3) is 0 Å². The first-order valence-electron chi connectivity index (χ1n) is 5.97. The second-order valence-corrected chi connectivity index (χ2v) is 5.09. The van der Waals surface area contributed by atoms with Crippen molar-refractivity contribution >= 4 is 0 Å². The topological polar surface area (TPSA) is 55.5 Å². The fourth-order valence-corrected chi connectivity index (χ4v) is 1.76. The standard InChI is InChI=1S/C14H23NO2/c1-14(2,17-3)10-13(16)12(15)9-11-7-5-4-6-8-11/h4-8,12-13,16H,9-10,15H2,1-3H3. The van der Waals surface area contributed by atoms with Crippen LogP contribution in [0.3, 0.4) is 0 Å². The molecule has 3 heteroatoms. The number of benzene rings is 1. The molecule has 0 bridgehead atoms. The van der Waals surface area contributed by atoms with Crippen LogP contribution >= 0.6 is 0 Å². The number of nitrogens with two attached hydrogens (primary N) is 1. The minimum Gasteiger partial charge on any atom is -0.391 e. The summed E-state index contributed by atoms with van der Waals surface area (Å²) in [5.41, 5.74) is 6.81. The lowest BCUT2D eigenvalue weighted by Crippen LogP contribution is -2.41. The van der Waals surface area contributed by atoms with Crippen LogP contribution in [0.4, 0.5) is 0 Å². The molecule has 0 aliphatic carbocycles. The number of hydrogen-bond acceptors (Lipinski definition) is 3. The smallest absolute Gasteiger partial charge is 0.0721 e. The summed E-state index contributed by atoms with van der Waals surface area (Å²) in [5, 5.41) is 10.0. The Bertz CT molecular complexity index is 324. The van der Waals surface area contributed by atoms with Gasteiger partial charge in [0, 0.05) is 19.6 Å². The predicted molar refractivity (Wildman–Crippen MR) is 69.8 cm³/mol. The van der Waals surface area contributed by atoms with Gasteiger partial charge in [-0.2, -0.15) is 0 Å². The molecule has 3 nitrogen and oxygen atoms in total. The molecule has 2 atom stereocenters. The molecule has 2 unspecified atom stereocenters. The highest BCUT2D eigenvalue weighted by molar-refractivity contribution is 5.16. The van der Waals surface area contributed by atoms with Crippen LogP contribution in [-0.4, -0.2) is 30.0 Å². The molecule has 0 radical (unpaired) electrons. The third-order valence-corrected chi connectivity index (χ3v) is 3.06. The van der Waals surface area contributed by atoms with E-state index in [4.69, 9.17) is 10.5 Å². The van der Waals surface area contributed by atoms with Crippen molar-refractivity contribution in [1.29, 1.82) is 0 Å². The van der Waals surface area contributed by atoms with Gasteiger partial charge in [0.1, 0.15) is 0 Å². The SMILES string of the molecule is COC(C)(C)CC(O)C(N)Cc1ccccc1. The highest BCUT2D eigenvalue weighted by atomic mass is 16.5. The second kappa shape index (κ2) is 6.15. The molecular formula is C14H23NO2. The maximum absolute atomic E-state index is 10.0. The average Bonchev–Trinajstić information content (AvgIpc) is 2.30. The molecule has 96 valence electrons. The molecule has 0 aliphatic rings. The minimum absolute atomic E-state index is 0.258. The molecule has 0 amide bonds. The Balaban J connectivity index is 2.50. The van der Waals surface area contributed by atoms with Crippen LogP contribution in [0.1, 0.15) is 25.8 Å². The van der Waals surface area contributed by atoms with Gasteiger partial charge in [-0.25, -0.2) is 0 Å². The molecular weight excluding hydrogens is 214 g/mol. The molecule has 17 heavy (non-hydrogen) atoms. The summed E-state index contributed by atoms with van der Waals surface area (Å²) in [6.45, 7) is 3.90. The second-order valence-electron chi connectivity index (χ2n) is 5.09. The van der Waals surface area contributed by atoms with Gasteiger partial charge in [-0.15, -0.1) is 0 Å². The summed E-state index contributed by atoms with van der Waals surface area (Å²) < 4.78 is 5.29. The number of aliphatic hydroxyl groups excluding tert-OH is 1. The number of methoxy groups -OCH3 is 1. The Labute approximate surface area is 104 Å². The van der Waals surface area contributed by atoms with Crippen LogP contribution < -0.4 is 5.73 Å². The number of aliphatic hydroxyl groups is 1. The molecule has 0 heterocycles. The molecule has 0 saturated carbocycles. The van der Waals surface area contributed by atoms with Gasteiger partial charge in [0.2, 0.25) is 0 Å². The van der Waals surface area contributed by atoms with Crippen molar-refractivity contribution in [3.63, 3.8) is 0 Å². The summed E-state index contributed by atoms with van der Waals surface area (Å²) >= 11 is 0. The third-order valence-electron chi connectivity index (χ3n) is 3.06. The first-order valence-corrected chi connectivity index (χ1v) is 5.97. The van der Waals surface area contributed by atoms with Crippen molar-refractivity contribution < 1.29 is 9.84 Å². The molecule has 1 aromatic rings. The van der Waals surface area contributed by atoms with Gasteiger partial charge < -0.3 is 15.6 Å². The zero-order chi connectivity index (χ0) is 12.9. The molecule has 1 aromatic carbocycles. The Morgan fingerprint density at radius 1 is 1.29 bits per heavy atom. The summed E-state index contributed by atoms with van der Waals surface area (Å²) in [6, 6.07) is 9.72. The quantitative estimate of drug-likeness (QED) is 0.792. The highest BCUT2D eigenvalue weighted by Crippen LogP contribution is 2.18. The van der Waals surface area contributed by atoms with Gasteiger partial charge in [-0.05, 0) is 25.8 Å². The Morgan fingerprint density at radius 2 is 1.88 bits per heavy atom. The zero-order valence-corrected chi connectivity index (χ0v) is 10.9. The van der Waals surface area contributed by atoms with E-state index in [1.807, 2.05) is 44.2 Å². The van der Waals surface area contributed by atoms with Crippen LogP contribution in [0, 0.1) is 0 Å². The van der Waals surface area contributed by atoms with E-state index in [2.05, 4.69) is 0 Å². The van der Waals surface area contributed by atoms with Crippen LogP contribution in [0.25, 0.3) is 0 Å². The van der Waals surface area contributed by atoms with Gasteiger partial charge in [-0.3, -0.25) is 0 Å². The molecule has 1 rings (SSSR count). The first-order chi connectivity index (χ1) is 7.94. The van der Waals surface area contributed by atoms with Crippen molar-refractivity contribution in [3.05, 3.63) is 35.9 Å². The fourth-order valence-electron chi connectivity index (χ4n) is 1.76. The molecule has 0 saturated heterocycles. The van der Waals surface area contributed by atoms with E-state index in [1.54, 1.807) is 7.11 Å². The largest absolute Gasteiger partial charge is 0.391 e. The van der Waals surface area contributed by atoms with Crippen molar-refractivity contribution in [1.82, 2.24) is 0 Å². The molecule has 3 N–H and O–H groups in total. The van der Waals surface area contributed by atoms with E-state index in [1.165, 1.54) is 0 Å². The van der Waals surface area contributed by atoms with Crippen LogP contribution in [0.2, 0.25) is 0 Å². The van der Waals surface area contributed by atoms with Crippen LogP contribution in [0.15, 0.2) is 30.3 Å². The fraction of sp³-hybridized carbons (Fsp3) is 0.571. The number of ether oxygens (including phenoxy) is 1. The van der Waals surface area contributed by atoms with E-state index in [0.29, 0.717) is 12.8 Å². The lowest BCUT2D eigenvalue weighted by molar-refractivity contribution is -0.0250. The lowest BCUT2D eigenvalue weighted by Gasteiger charge is -2.28. The maximum Gasteiger partial charge on any atom is 0.0721 e. The Kier molecular flexibility index (Phi) is 5.12. The normalized spacial score (nSPS) is 15.6. The van der Waals surface area contributed by atoms with E-state index in [-0.39, 0.29) is 11.6 Å². The Hall–Kier alpha value is -0.900. The molecule has 0 aromatic heterocycles. The zero-order valence-electron chi connectivity index (χ0n) is 10.9. The van der Waals surface area contributed by atoms with Crippen LogP contribution in [-0.2, 0) is 11.2 Å². The van der Waals surface area contributed by atoms with Gasteiger partial charge >= 0.3 is 0 Å². The molecule has 0 aliphatic heterocycles. The van der Waals surface area contributed by atoms with Gasteiger partial charge in [0.15, 0.2) is 0 Å². The summed E-state index contributed by atoms with van der Waals surface area (Å²) in [5.74, 6) is 0. The number of hydrogen-bond donors (Lipinski definition) is 2. The van der Waals surface area contributed by atoms with E-state index in [0.717, 1.165) is 5.56 Å². The van der Waals surface area contributed by atoms with Crippen molar-refractivity contribution in [2.45, 2.75) is 44.4 Å². The van der Waals surface area contributed by atoms with Crippen molar-refractivity contribution in [3.8, 4) is 0 Å². The van der Waals surface area contributed by atoms with Crippen LogP contribution in [0.5, 0.6) is 0 Å². The average molecular weight is 237 g/mol. The van der Waals surface area contributed by atoms with Gasteiger partial charge in [-0.1, -0.05) is 30.3 Å². The van der Waals surface area contributed by atoms with E-state index in [9.17, 15) is 5.11 Å². The monoisotopic (exact) mass is 237 g/mol. The summed E-state index contributed by atoms with van der Waals surface area (Å²) in [7, 11) is 1.65. The van der Waals surface area contributed by atoms with E-state index < -0.39 is 6.10 Å². The first kappa shape index (κ1) is 14.2. The van der Waals surface area contributed by atoms with Crippen molar-refractivity contribution in [2.24, 2.45) is 5.73 Å². The lowest BCUT2D eigenvalue weighted by atomic mass is 9.93. The molecule has 0 spiro atoms. The summed E-state index contributed by atoms with van der Waals surface area (Å²) in [4.78, 5) is 0. The Morgan fingerprint density at radius 3 is 2.41 bits per heavy atom. The van der Waals surface area contributed by atoms with Gasteiger partial charge in [0.05, 0.1) is 11.7 Å². The van der Waals surface area contributed by atoms with Crippen molar-refractivity contribution in [2.75, 3.05) is 7.11 Å². The maximum atomic E-state index is 10.0. The predicted octanol–water partition coefficient (Wildman–Crippen LogP) is 1.73. The van der Waals surface area contributed by atoms with E-state index >= 15 is 0 Å².